The number of carbonyl (C=O) groups is 1. The quantitative estimate of drug-likeness (QED) is 0.539. The zero-order valence-electron chi connectivity index (χ0n) is 6.53. The van der Waals surface area contributed by atoms with Gasteiger partial charge in [-0.25, -0.2) is 4.98 Å². The molecule has 0 spiro atoms. The molecular weight excluding hydrogens is 142 g/mol. The largest absolute Gasteiger partial charge is 0.272 e. The molecule has 0 saturated heterocycles. The molecule has 0 saturated carbocycles. The lowest BCUT2D eigenvalue weighted by molar-refractivity contribution is 0.0859. The third-order valence-electron chi connectivity index (χ3n) is 1.90. The van der Waals surface area contributed by atoms with Crippen molar-refractivity contribution in [2.45, 2.75) is 20.3 Å². The fourth-order valence-corrected chi connectivity index (χ4v) is 1.34. The van der Waals surface area contributed by atoms with Crippen LogP contribution >= 0.6 is 0 Å². The van der Waals surface area contributed by atoms with Gasteiger partial charge in [0.05, 0.1) is 0 Å². The average molecular weight is 151 g/mol. The van der Waals surface area contributed by atoms with Crippen LogP contribution in [0.25, 0.3) is 0 Å². The van der Waals surface area contributed by atoms with Gasteiger partial charge in [0.25, 0.3) is 5.91 Å². The zero-order valence-corrected chi connectivity index (χ0v) is 6.53. The standard InChI is InChI=1S/C7H9N3O/c1-4-3-6-8-5(2)9-10(6)7(4)11/h4H,3H2,1-2H3. The lowest BCUT2D eigenvalue weighted by Crippen LogP contribution is -2.12. The summed E-state index contributed by atoms with van der Waals surface area (Å²) in [6, 6.07) is 0. The minimum atomic E-state index is 0.0607. The number of nitrogens with zero attached hydrogens (tertiary/aromatic N) is 3. The number of aromatic nitrogens is 3. The van der Waals surface area contributed by atoms with Crippen molar-refractivity contribution >= 4 is 5.91 Å². The van der Waals surface area contributed by atoms with E-state index in [-0.39, 0.29) is 11.8 Å². The molecule has 1 aromatic rings. The van der Waals surface area contributed by atoms with E-state index in [1.54, 1.807) is 6.92 Å². The summed E-state index contributed by atoms with van der Waals surface area (Å²) in [5.41, 5.74) is 0. The van der Waals surface area contributed by atoms with Crippen molar-refractivity contribution in [1.29, 1.82) is 0 Å². The van der Waals surface area contributed by atoms with Crippen LogP contribution in [0.4, 0.5) is 0 Å². The Kier molecular flexibility index (Phi) is 1.13. The summed E-state index contributed by atoms with van der Waals surface area (Å²) in [4.78, 5) is 15.4. The maximum absolute atomic E-state index is 11.3. The topological polar surface area (TPSA) is 47.8 Å². The van der Waals surface area contributed by atoms with Gasteiger partial charge in [0, 0.05) is 12.3 Å². The van der Waals surface area contributed by atoms with E-state index < -0.39 is 0 Å². The summed E-state index contributed by atoms with van der Waals surface area (Å²) in [5, 5.41) is 3.98. The van der Waals surface area contributed by atoms with Gasteiger partial charge in [0.1, 0.15) is 11.6 Å². The summed E-state index contributed by atoms with van der Waals surface area (Å²) in [6.45, 7) is 3.69. The highest BCUT2D eigenvalue weighted by Crippen LogP contribution is 2.16. The molecule has 1 aromatic heterocycles. The second-order valence-electron chi connectivity index (χ2n) is 2.93. The molecule has 11 heavy (non-hydrogen) atoms. The molecule has 0 N–H and O–H groups in total. The van der Waals surface area contributed by atoms with Crippen LogP contribution in [0.3, 0.4) is 0 Å². The number of aryl methyl sites for hydroxylation is 1. The van der Waals surface area contributed by atoms with Crippen molar-refractivity contribution in [3.8, 4) is 0 Å². The molecule has 0 amide bonds. The summed E-state index contributed by atoms with van der Waals surface area (Å²) in [6.07, 6.45) is 0.736. The molecule has 1 unspecified atom stereocenters. The highest BCUT2D eigenvalue weighted by molar-refractivity contribution is 5.83. The van der Waals surface area contributed by atoms with Crippen LogP contribution in [0.2, 0.25) is 0 Å². The normalized spacial score (nSPS) is 22.4. The highest BCUT2D eigenvalue weighted by atomic mass is 16.2. The number of hydrogen-bond donors (Lipinski definition) is 0. The maximum Gasteiger partial charge on any atom is 0.251 e. The van der Waals surface area contributed by atoms with Gasteiger partial charge in [-0.2, -0.15) is 4.68 Å². The number of hydrogen-bond acceptors (Lipinski definition) is 3. The third kappa shape index (κ3) is 0.785. The van der Waals surface area contributed by atoms with E-state index in [2.05, 4.69) is 10.1 Å². The molecule has 0 fully saturated rings. The summed E-state index contributed by atoms with van der Waals surface area (Å²) >= 11 is 0. The molecule has 2 rings (SSSR count). The Labute approximate surface area is 64.2 Å². The Morgan fingerprint density at radius 1 is 1.64 bits per heavy atom. The van der Waals surface area contributed by atoms with E-state index >= 15 is 0 Å². The summed E-state index contributed by atoms with van der Waals surface area (Å²) < 4.78 is 1.42. The monoisotopic (exact) mass is 151 g/mol. The Morgan fingerprint density at radius 3 is 3.00 bits per heavy atom. The highest BCUT2D eigenvalue weighted by Gasteiger charge is 2.29. The van der Waals surface area contributed by atoms with Gasteiger partial charge >= 0.3 is 0 Å². The molecule has 1 aliphatic rings. The van der Waals surface area contributed by atoms with Crippen molar-refractivity contribution in [2.75, 3.05) is 0 Å². The molecule has 0 aromatic carbocycles. The van der Waals surface area contributed by atoms with Crippen LogP contribution in [-0.4, -0.2) is 20.7 Å². The minimum absolute atomic E-state index is 0.0607. The second kappa shape index (κ2) is 1.90. The first kappa shape index (κ1) is 6.52. The molecule has 58 valence electrons. The van der Waals surface area contributed by atoms with Crippen molar-refractivity contribution in [3.63, 3.8) is 0 Å². The summed E-state index contributed by atoms with van der Waals surface area (Å²) in [7, 11) is 0. The predicted octanol–water partition coefficient (Wildman–Crippen LogP) is 0.419. The van der Waals surface area contributed by atoms with E-state index in [0.717, 1.165) is 12.2 Å². The van der Waals surface area contributed by atoms with Crippen LogP contribution in [-0.2, 0) is 6.42 Å². The second-order valence-corrected chi connectivity index (χ2v) is 2.93. The van der Waals surface area contributed by atoms with Gasteiger partial charge in [-0.1, -0.05) is 6.92 Å². The first-order chi connectivity index (χ1) is 5.18. The van der Waals surface area contributed by atoms with Gasteiger partial charge in [-0.05, 0) is 6.92 Å². The van der Waals surface area contributed by atoms with Crippen LogP contribution in [0.15, 0.2) is 0 Å². The van der Waals surface area contributed by atoms with E-state index in [4.69, 9.17) is 0 Å². The van der Waals surface area contributed by atoms with Crippen LogP contribution < -0.4 is 0 Å². The van der Waals surface area contributed by atoms with Crippen LogP contribution in [0.1, 0.15) is 23.4 Å². The minimum Gasteiger partial charge on any atom is -0.272 e. The van der Waals surface area contributed by atoms with Crippen molar-refractivity contribution < 1.29 is 4.79 Å². The smallest absolute Gasteiger partial charge is 0.251 e. The van der Waals surface area contributed by atoms with E-state index in [9.17, 15) is 4.79 Å². The Hall–Kier alpha value is -1.19. The van der Waals surface area contributed by atoms with Crippen LogP contribution in [0.5, 0.6) is 0 Å². The van der Waals surface area contributed by atoms with Gasteiger partial charge in [-0.3, -0.25) is 4.79 Å². The SMILES string of the molecule is Cc1nc2n(n1)C(=O)C(C)C2. The molecule has 1 aliphatic heterocycles. The number of fused-ring (bicyclic) bond motifs is 1. The molecule has 0 aliphatic carbocycles. The van der Waals surface area contributed by atoms with Crippen molar-refractivity contribution in [3.05, 3.63) is 11.6 Å². The molecule has 2 heterocycles. The zero-order chi connectivity index (χ0) is 8.01. The van der Waals surface area contributed by atoms with Gasteiger partial charge in [0.2, 0.25) is 0 Å². The molecule has 4 heteroatoms. The van der Waals surface area contributed by atoms with E-state index in [1.165, 1.54) is 4.68 Å². The number of rotatable bonds is 0. The van der Waals surface area contributed by atoms with Gasteiger partial charge < -0.3 is 0 Å². The Balaban J connectivity index is 2.52. The number of carbonyl (C=O) groups excluding carboxylic acids is 1. The maximum atomic E-state index is 11.3. The van der Waals surface area contributed by atoms with Crippen molar-refractivity contribution in [2.24, 2.45) is 5.92 Å². The van der Waals surface area contributed by atoms with Gasteiger partial charge in [0.15, 0.2) is 0 Å². The van der Waals surface area contributed by atoms with Crippen LogP contribution in [0, 0.1) is 12.8 Å². The first-order valence-electron chi connectivity index (χ1n) is 3.65. The third-order valence-corrected chi connectivity index (χ3v) is 1.90. The van der Waals surface area contributed by atoms with Gasteiger partial charge in [-0.15, -0.1) is 5.10 Å². The van der Waals surface area contributed by atoms with E-state index in [0.29, 0.717) is 5.82 Å². The van der Waals surface area contributed by atoms with E-state index in [1.807, 2.05) is 6.92 Å². The molecule has 0 bridgehead atoms. The summed E-state index contributed by atoms with van der Waals surface area (Å²) in [5.74, 6) is 1.62. The lowest BCUT2D eigenvalue weighted by atomic mass is 10.1. The lowest BCUT2D eigenvalue weighted by Gasteiger charge is -1.94. The Bertz CT molecular complexity index is 315. The molecule has 1 atom stereocenters. The Morgan fingerprint density at radius 2 is 2.36 bits per heavy atom. The predicted molar refractivity (Wildman–Crippen MR) is 38.3 cm³/mol. The molecular formula is C7H9N3O. The fourth-order valence-electron chi connectivity index (χ4n) is 1.34. The fraction of sp³-hybridized carbons (Fsp3) is 0.571. The molecule has 0 radical (unpaired) electrons. The average Bonchev–Trinajstić information content (AvgIpc) is 2.37. The van der Waals surface area contributed by atoms with Crippen molar-refractivity contribution in [1.82, 2.24) is 14.8 Å². The first-order valence-corrected chi connectivity index (χ1v) is 3.65. The molecule has 4 nitrogen and oxygen atoms in total.